The van der Waals surface area contributed by atoms with Crippen molar-refractivity contribution in [2.24, 2.45) is 0 Å². The van der Waals surface area contributed by atoms with Gasteiger partial charge in [-0.25, -0.2) is 17.5 Å². The number of nitrogens with one attached hydrogen (secondary N) is 1. The van der Waals surface area contributed by atoms with Crippen LogP contribution >= 0.6 is 0 Å². The maximum atomic E-state index is 13.7. The van der Waals surface area contributed by atoms with E-state index in [0.29, 0.717) is 19.4 Å². The highest BCUT2D eigenvalue weighted by Gasteiger charge is 2.16. The topological polar surface area (TPSA) is 81.4 Å². The highest BCUT2D eigenvalue weighted by Crippen LogP contribution is 2.21. The lowest BCUT2D eigenvalue weighted by atomic mass is 10.2. The molecular formula is C14H17FN2O4S. The number of rotatable bonds is 8. The zero-order valence-electron chi connectivity index (χ0n) is 12.1. The molecule has 0 amide bonds. The highest BCUT2D eigenvalue weighted by molar-refractivity contribution is 7.89. The Morgan fingerprint density at radius 3 is 2.86 bits per heavy atom. The number of ether oxygens (including phenoxy) is 1. The zero-order chi connectivity index (χ0) is 16.0. The van der Waals surface area contributed by atoms with Crippen LogP contribution in [0, 0.1) is 5.82 Å². The predicted molar refractivity (Wildman–Crippen MR) is 77.6 cm³/mol. The van der Waals surface area contributed by atoms with E-state index in [-0.39, 0.29) is 17.2 Å². The van der Waals surface area contributed by atoms with Crippen LogP contribution in [0.25, 0.3) is 0 Å². The fraction of sp³-hybridized carbons (Fsp3) is 0.357. The standard InChI is InChI=1S/C14H17FN2O4S/c1-2-20-14-6-5-12(8-13(14)15)22(18,19)17-7-3-4-11-9-16-21-10-11/h5-6,8-10,17H,2-4,7H2,1H3. The largest absolute Gasteiger partial charge is 0.491 e. The Morgan fingerprint density at radius 1 is 1.41 bits per heavy atom. The predicted octanol–water partition coefficient (Wildman–Crippen LogP) is 2.12. The maximum Gasteiger partial charge on any atom is 0.240 e. The van der Waals surface area contributed by atoms with Gasteiger partial charge >= 0.3 is 0 Å². The molecule has 0 bridgehead atoms. The first-order valence-electron chi connectivity index (χ1n) is 6.83. The lowest BCUT2D eigenvalue weighted by molar-refractivity contribution is 0.321. The summed E-state index contributed by atoms with van der Waals surface area (Å²) in [6.07, 6.45) is 4.32. The first-order valence-corrected chi connectivity index (χ1v) is 8.31. The Bertz CT molecular complexity index is 702. The molecule has 0 saturated heterocycles. The summed E-state index contributed by atoms with van der Waals surface area (Å²) in [5.41, 5.74) is 0.895. The lowest BCUT2D eigenvalue weighted by Crippen LogP contribution is -2.25. The number of aromatic nitrogens is 1. The van der Waals surface area contributed by atoms with Crippen molar-refractivity contribution in [2.45, 2.75) is 24.7 Å². The normalized spacial score (nSPS) is 11.5. The molecule has 2 rings (SSSR count). The van der Waals surface area contributed by atoms with Crippen LogP contribution in [0.5, 0.6) is 5.75 Å². The minimum atomic E-state index is -3.74. The Morgan fingerprint density at radius 2 is 2.23 bits per heavy atom. The lowest BCUT2D eigenvalue weighted by Gasteiger charge is -2.09. The van der Waals surface area contributed by atoms with E-state index in [0.717, 1.165) is 11.6 Å². The highest BCUT2D eigenvalue weighted by atomic mass is 32.2. The van der Waals surface area contributed by atoms with Gasteiger partial charge in [0.25, 0.3) is 0 Å². The molecule has 0 unspecified atom stereocenters. The summed E-state index contributed by atoms with van der Waals surface area (Å²) >= 11 is 0. The number of halogens is 1. The summed E-state index contributed by atoms with van der Waals surface area (Å²) in [4.78, 5) is -0.126. The average molecular weight is 328 g/mol. The van der Waals surface area contributed by atoms with Crippen LogP contribution in [0.4, 0.5) is 4.39 Å². The molecule has 1 aromatic heterocycles. The molecule has 0 saturated carbocycles. The SMILES string of the molecule is CCOc1ccc(S(=O)(=O)NCCCc2cnoc2)cc1F. The van der Waals surface area contributed by atoms with Crippen molar-refractivity contribution in [3.05, 3.63) is 42.0 Å². The van der Waals surface area contributed by atoms with Gasteiger partial charge in [0.2, 0.25) is 10.0 Å². The molecule has 0 aliphatic rings. The van der Waals surface area contributed by atoms with Crippen molar-refractivity contribution in [1.29, 1.82) is 0 Å². The molecule has 1 heterocycles. The fourth-order valence-corrected chi connectivity index (χ4v) is 2.94. The Balaban J connectivity index is 1.93. The van der Waals surface area contributed by atoms with E-state index in [9.17, 15) is 12.8 Å². The van der Waals surface area contributed by atoms with Gasteiger partial charge in [-0.05, 0) is 38.0 Å². The number of benzene rings is 1. The number of hydrogen-bond donors (Lipinski definition) is 1. The number of hydrogen-bond acceptors (Lipinski definition) is 5. The van der Waals surface area contributed by atoms with E-state index < -0.39 is 15.8 Å². The summed E-state index contributed by atoms with van der Waals surface area (Å²) in [5, 5.41) is 3.56. The van der Waals surface area contributed by atoms with Gasteiger partial charge in [0.1, 0.15) is 6.26 Å². The first kappa shape index (κ1) is 16.4. The first-order chi connectivity index (χ1) is 10.5. The quantitative estimate of drug-likeness (QED) is 0.751. The van der Waals surface area contributed by atoms with Crippen molar-refractivity contribution in [3.63, 3.8) is 0 Å². The molecule has 120 valence electrons. The monoisotopic (exact) mass is 328 g/mol. The van der Waals surface area contributed by atoms with Crippen LogP contribution in [0.1, 0.15) is 18.9 Å². The summed E-state index contributed by atoms with van der Waals surface area (Å²) in [6, 6.07) is 3.58. The van der Waals surface area contributed by atoms with E-state index >= 15 is 0 Å². The second-order valence-corrected chi connectivity index (χ2v) is 6.33. The van der Waals surface area contributed by atoms with Crippen LogP contribution in [-0.4, -0.2) is 26.7 Å². The van der Waals surface area contributed by atoms with Gasteiger partial charge in [0, 0.05) is 12.1 Å². The molecule has 2 aromatic rings. The van der Waals surface area contributed by atoms with E-state index in [1.807, 2.05) is 0 Å². The van der Waals surface area contributed by atoms with Crippen LogP contribution in [0.15, 0.2) is 40.1 Å². The molecule has 0 aliphatic heterocycles. The molecule has 22 heavy (non-hydrogen) atoms. The summed E-state index contributed by atoms with van der Waals surface area (Å²) < 4.78 is 50.0. The van der Waals surface area contributed by atoms with Crippen molar-refractivity contribution >= 4 is 10.0 Å². The van der Waals surface area contributed by atoms with Gasteiger partial charge in [0.15, 0.2) is 11.6 Å². The summed E-state index contributed by atoms with van der Waals surface area (Å²) in [6.45, 7) is 2.27. The van der Waals surface area contributed by atoms with Crippen LogP contribution in [-0.2, 0) is 16.4 Å². The molecule has 6 nitrogen and oxygen atoms in total. The molecule has 0 radical (unpaired) electrons. The van der Waals surface area contributed by atoms with Crippen LogP contribution in [0.3, 0.4) is 0 Å². The molecule has 8 heteroatoms. The second-order valence-electron chi connectivity index (χ2n) is 4.56. The van der Waals surface area contributed by atoms with Crippen molar-refractivity contribution < 1.29 is 22.1 Å². The fourth-order valence-electron chi connectivity index (χ4n) is 1.85. The van der Waals surface area contributed by atoms with Gasteiger partial charge in [-0.2, -0.15) is 0 Å². The molecule has 1 aromatic carbocycles. The molecule has 1 N–H and O–H groups in total. The molecule has 0 aliphatic carbocycles. The van der Waals surface area contributed by atoms with E-state index in [4.69, 9.17) is 4.74 Å². The number of sulfonamides is 1. The third-order valence-corrected chi connectivity index (χ3v) is 4.39. The van der Waals surface area contributed by atoms with Crippen molar-refractivity contribution in [2.75, 3.05) is 13.2 Å². The summed E-state index contributed by atoms with van der Waals surface area (Å²) in [5.74, 6) is -0.664. The average Bonchev–Trinajstić information content (AvgIpc) is 2.99. The number of aryl methyl sites for hydroxylation is 1. The van der Waals surface area contributed by atoms with E-state index in [1.165, 1.54) is 18.4 Å². The number of nitrogens with zero attached hydrogens (tertiary/aromatic N) is 1. The third-order valence-electron chi connectivity index (χ3n) is 2.93. The van der Waals surface area contributed by atoms with Crippen LogP contribution in [0.2, 0.25) is 0 Å². The van der Waals surface area contributed by atoms with Crippen molar-refractivity contribution in [3.8, 4) is 5.75 Å². The minimum absolute atomic E-state index is 0.0360. The Hall–Kier alpha value is -1.93. The van der Waals surface area contributed by atoms with Crippen molar-refractivity contribution in [1.82, 2.24) is 9.88 Å². The Kier molecular flexibility index (Phi) is 5.51. The molecule has 0 fully saturated rings. The zero-order valence-corrected chi connectivity index (χ0v) is 12.9. The summed E-state index contributed by atoms with van der Waals surface area (Å²) in [7, 11) is -3.74. The van der Waals surface area contributed by atoms with E-state index in [1.54, 1.807) is 13.1 Å². The second kappa shape index (κ2) is 7.37. The Labute approximate surface area is 128 Å². The van der Waals surface area contributed by atoms with E-state index in [2.05, 4.69) is 14.4 Å². The van der Waals surface area contributed by atoms with Gasteiger partial charge in [-0.15, -0.1) is 0 Å². The van der Waals surface area contributed by atoms with Gasteiger partial charge in [-0.3, -0.25) is 0 Å². The maximum absolute atomic E-state index is 13.7. The molecule has 0 spiro atoms. The molecule has 0 atom stereocenters. The van der Waals surface area contributed by atoms with Gasteiger partial charge < -0.3 is 9.26 Å². The van der Waals surface area contributed by atoms with Gasteiger partial charge in [0.05, 0.1) is 17.7 Å². The third kappa shape index (κ3) is 4.28. The van der Waals surface area contributed by atoms with Crippen LogP contribution < -0.4 is 9.46 Å². The molecular weight excluding hydrogens is 311 g/mol. The minimum Gasteiger partial charge on any atom is -0.491 e. The smallest absolute Gasteiger partial charge is 0.240 e. The van der Waals surface area contributed by atoms with Gasteiger partial charge in [-0.1, -0.05) is 5.16 Å².